The quantitative estimate of drug-likeness (QED) is 0.726. The van der Waals surface area contributed by atoms with E-state index in [9.17, 15) is 4.79 Å². The van der Waals surface area contributed by atoms with Gasteiger partial charge in [0.2, 0.25) is 0 Å². The summed E-state index contributed by atoms with van der Waals surface area (Å²) in [4.78, 5) is 16.0. The molecular formula is C14H16ClNO. The van der Waals surface area contributed by atoms with E-state index in [1.165, 1.54) is 0 Å². The van der Waals surface area contributed by atoms with Crippen molar-refractivity contribution in [2.45, 2.75) is 32.6 Å². The SMILES string of the molecule is Cc1cccc(N=CC2CCCCC2=O)c1Cl. The van der Waals surface area contributed by atoms with Crippen LogP contribution in [0.1, 0.15) is 31.2 Å². The maximum absolute atomic E-state index is 11.6. The predicted molar refractivity (Wildman–Crippen MR) is 71.3 cm³/mol. The minimum Gasteiger partial charge on any atom is -0.299 e. The maximum atomic E-state index is 11.6. The maximum Gasteiger partial charge on any atom is 0.141 e. The zero-order chi connectivity index (χ0) is 12.3. The molecule has 0 aliphatic heterocycles. The normalized spacial score (nSPS) is 21.1. The molecule has 1 fully saturated rings. The Balaban J connectivity index is 2.14. The number of benzene rings is 1. The first-order valence-electron chi connectivity index (χ1n) is 6.00. The van der Waals surface area contributed by atoms with Gasteiger partial charge in [-0.15, -0.1) is 0 Å². The first-order chi connectivity index (χ1) is 8.18. The van der Waals surface area contributed by atoms with Crippen molar-refractivity contribution < 1.29 is 4.79 Å². The third-order valence-corrected chi connectivity index (χ3v) is 3.66. The summed E-state index contributed by atoms with van der Waals surface area (Å²) in [7, 11) is 0. The lowest BCUT2D eigenvalue weighted by molar-refractivity contribution is -0.122. The van der Waals surface area contributed by atoms with Gasteiger partial charge in [0.05, 0.1) is 16.6 Å². The molecule has 17 heavy (non-hydrogen) atoms. The number of hydrogen-bond acceptors (Lipinski definition) is 2. The summed E-state index contributed by atoms with van der Waals surface area (Å²) in [6.07, 6.45) is 5.52. The largest absolute Gasteiger partial charge is 0.299 e. The van der Waals surface area contributed by atoms with Crippen LogP contribution in [0.2, 0.25) is 5.02 Å². The summed E-state index contributed by atoms with van der Waals surface area (Å²) < 4.78 is 0. The number of aliphatic imine (C=N–C) groups is 1. The van der Waals surface area contributed by atoms with Gasteiger partial charge in [0, 0.05) is 12.6 Å². The van der Waals surface area contributed by atoms with E-state index in [-0.39, 0.29) is 5.92 Å². The highest BCUT2D eigenvalue weighted by molar-refractivity contribution is 6.33. The van der Waals surface area contributed by atoms with Crippen molar-refractivity contribution in [1.29, 1.82) is 0 Å². The lowest BCUT2D eigenvalue weighted by Gasteiger charge is -2.16. The van der Waals surface area contributed by atoms with E-state index in [0.29, 0.717) is 17.2 Å². The minimum atomic E-state index is -0.0136. The Bertz CT molecular complexity index is 454. The Kier molecular flexibility index (Phi) is 3.95. The van der Waals surface area contributed by atoms with E-state index >= 15 is 0 Å². The molecule has 1 aromatic carbocycles. The Morgan fingerprint density at radius 3 is 3.00 bits per heavy atom. The number of nitrogens with zero attached hydrogens (tertiary/aromatic N) is 1. The summed E-state index contributed by atoms with van der Waals surface area (Å²) in [5.74, 6) is 0.295. The van der Waals surface area contributed by atoms with Crippen LogP contribution < -0.4 is 0 Å². The zero-order valence-corrected chi connectivity index (χ0v) is 10.7. The predicted octanol–water partition coefficient (Wildman–Crippen LogP) is 4.11. The number of halogens is 1. The van der Waals surface area contributed by atoms with Gasteiger partial charge in [-0.2, -0.15) is 0 Å². The smallest absolute Gasteiger partial charge is 0.141 e. The molecule has 1 unspecified atom stereocenters. The van der Waals surface area contributed by atoms with Gasteiger partial charge in [0.15, 0.2) is 0 Å². The first-order valence-corrected chi connectivity index (χ1v) is 6.38. The zero-order valence-electron chi connectivity index (χ0n) is 9.95. The molecule has 2 nitrogen and oxygen atoms in total. The molecule has 0 bridgehead atoms. The van der Waals surface area contributed by atoms with Crippen LogP contribution in [0.3, 0.4) is 0 Å². The molecule has 3 heteroatoms. The molecule has 0 amide bonds. The lowest BCUT2D eigenvalue weighted by Crippen LogP contribution is -2.19. The van der Waals surface area contributed by atoms with Gasteiger partial charge in [0.1, 0.15) is 5.78 Å². The Hall–Kier alpha value is -1.15. The third kappa shape index (κ3) is 2.95. The van der Waals surface area contributed by atoms with Crippen molar-refractivity contribution in [3.63, 3.8) is 0 Å². The highest BCUT2D eigenvalue weighted by Crippen LogP contribution is 2.28. The molecule has 0 heterocycles. The van der Waals surface area contributed by atoms with Crippen molar-refractivity contribution in [2.75, 3.05) is 0 Å². The number of rotatable bonds is 2. The van der Waals surface area contributed by atoms with Gasteiger partial charge < -0.3 is 0 Å². The molecule has 2 rings (SSSR count). The van der Waals surface area contributed by atoms with Gasteiger partial charge in [0.25, 0.3) is 0 Å². The van der Waals surface area contributed by atoms with Gasteiger partial charge in [-0.1, -0.05) is 30.2 Å². The molecule has 1 saturated carbocycles. The molecule has 0 aromatic heterocycles. The second kappa shape index (κ2) is 5.46. The Labute approximate surface area is 107 Å². The molecule has 0 radical (unpaired) electrons. The van der Waals surface area contributed by atoms with Crippen LogP contribution in [0.15, 0.2) is 23.2 Å². The molecule has 1 aliphatic carbocycles. The molecule has 1 aliphatic rings. The number of carbonyl (C=O) groups is 1. The first kappa shape index (κ1) is 12.3. The van der Waals surface area contributed by atoms with Crippen molar-refractivity contribution in [2.24, 2.45) is 10.9 Å². The van der Waals surface area contributed by atoms with E-state index < -0.39 is 0 Å². The standard InChI is InChI=1S/C14H16ClNO/c1-10-5-4-7-12(14(10)15)16-9-11-6-2-3-8-13(11)17/h4-5,7,9,11H,2-3,6,8H2,1H3. The lowest BCUT2D eigenvalue weighted by atomic mass is 9.89. The van der Waals surface area contributed by atoms with Gasteiger partial charge in [-0.3, -0.25) is 9.79 Å². The van der Waals surface area contributed by atoms with Gasteiger partial charge in [-0.25, -0.2) is 0 Å². The number of hydrogen-bond donors (Lipinski definition) is 0. The van der Waals surface area contributed by atoms with Gasteiger partial charge >= 0.3 is 0 Å². The molecule has 1 atom stereocenters. The molecule has 1 aromatic rings. The summed E-state index contributed by atoms with van der Waals surface area (Å²) >= 11 is 6.15. The molecule has 0 spiro atoms. The highest BCUT2D eigenvalue weighted by atomic mass is 35.5. The van der Waals surface area contributed by atoms with Crippen LogP contribution >= 0.6 is 11.6 Å². The van der Waals surface area contributed by atoms with E-state index in [1.54, 1.807) is 6.21 Å². The van der Waals surface area contributed by atoms with E-state index in [2.05, 4.69) is 4.99 Å². The van der Waals surface area contributed by atoms with Crippen LogP contribution in [-0.2, 0) is 4.79 Å². The van der Waals surface area contributed by atoms with Crippen LogP contribution in [0.4, 0.5) is 5.69 Å². The average molecular weight is 250 g/mol. The number of Topliss-reactive ketones (excluding diaryl/α,β-unsaturated/α-hetero) is 1. The van der Waals surface area contributed by atoms with Crippen molar-refractivity contribution in [1.82, 2.24) is 0 Å². The van der Waals surface area contributed by atoms with Crippen molar-refractivity contribution >= 4 is 29.3 Å². The third-order valence-electron chi connectivity index (χ3n) is 3.17. The van der Waals surface area contributed by atoms with Gasteiger partial charge in [-0.05, 0) is 31.4 Å². The second-order valence-corrected chi connectivity index (χ2v) is 4.88. The summed E-state index contributed by atoms with van der Waals surface area (Å²) in [6, 6.07) is 5.75. The Morgan fingerprint density at radius 2 is 2.24 bits per heavy atom. The fourth-order valence-electron chi connectivity index (χ4n) is 2.07. The van der Waals surface area contributed by atoms with Crippen LogP contribution in [0.5, 0.6) is 0 Å². The Morgan fingerprint density at radius 1 is 1.41 bits per heavy atom. The topological polar surface area (TPSA) is 29.4 Å². The van der Waals surface area contributed by atoms with Crippen molar-refractivity contribution in [3.05, 3.63) is 28.8 Å². The number of aryl methyl sites for hydroxylation is 1. The highest BCUT2D eigenvalue weighted by Gasteiger charge is 2.20. The summed E-state index contributed by atoms with van der Waals surface area (Å²) in [5, 5.41) is 0.673. The molecule has 0 N–H and O–H groups in total. The molecular weight excluding hydrogens is 234 g/mol. The monoisotopic (exact) mass is 249 g/mol. The fraction of sp³-hybridized carbons (Fsp3) is 0.429. The summed E-state index contributed by atoms with van der Waals surface area (Å²) in [6.45, 7) is 1.95. The van der Waals surface area contributed by atoms with Crippen LogP contribution in [0, 0.1) is 12.8 Å². The molecule has 90 valence electrons. The second-order valence-electron chi connectivity index (χ2n) is 4.50. The minimum absolute atomic E-state index is 0.0136. The van der Waals surface area contributed by atoms with Crippen LogP contribution in [-0.4, -0.2) is 12.0 Å². The fourth-order valence-corrected chi connectivity index (χ4v) is 2.24. The van der Waals surface area contributed by atoms with Crippen LogP contribution in [0.25, 0.3) is 0 Å². The van der Waals surface area contributed by atoms with E-state index in [0.717, 1.165) is 30.5 Å². The number of carbonyl (C=O) groups excluding carboxylic acids is 1. The van der Waals surface area contributed by atoms with E-state index in [4.69, 9.17) is 11.6 Å². The van der Waals surface area contributed by atoms with E-state index in [1.807, 2.05) is 25.1 Å². The average Bonchev–Trinajstić information content (AvgIpc) is 2.33. The molecule has 0 saturated heterocycles. The summed E-state index contributed by atoms with van der Waals surface area (Å²) in [5.41, 5.74) is 1.77. The van der Waals surface area contributed by atoms with Crippen molar-refractivity contribution in [3.8, 4) is 0 Å². The number of ketones is 1.